The summed E-state index contributed by atoms with van der Waals surface area (Å²) in [5.74, 6) is 0. The first-order valence-corrected chi connectivity index (χ1v) is 19.6. The largest absolute Gasteiger partial charge is 0.355 e. The van der Waals surface area contributed by atoms with Crippen LogP contribution in [0, 0.1) is 0 Å². The third kappa shape index (κ3) is 4.92. The van der Waals surface area contributed by atoms with Crippen molar-refractivity contribution in [2.75, 3.05) is 5.32 Å². The Kier molecular flexibility index (Phi) is 6.93. The summed E-state index contributed by atoms with van der Waals surface area (Å²) < 4.78 is 4.75. The Bertz CT molecular complexity index is 3140. The maximum Gasteiger partial charge on any atom is 0.0541 e. The van der Waals surface area contributed by atoms with Gasteiger partial charge in [-0.1, -0.05) is 121 Å². The van der Waals surface area contributed by atoms with Crippen molar-refractivity contribution in [3.8, 4) is 55.9 Å². The van der Waals surface area contributed by atoms with E-state index in [4.69, 9.17) is 0 Å². The molecule has 0 bridgehead atoms. The molecule has 0 aliphatic carbocycles. The molecule has 1 aliphatic heterocycles. The van der Waals surface area contributed by atoms with Crippen LogP contribution in [0.25, 0.3) is 99.5 Å². The van der Waals surface area contributed by atoms with Gasteiger partial charge in [0.05, 0.1) is 22.1 Å². The highest BCUT2D eigenvalue weighted by Gasteiger charge is 2.21. The van der Waals surface area contributed by atoms with E-state index in [0.717, 1.165) is 11.4 Å². The molecule has 0 spiro atoms. The fourth-order valence-electron chi connectivity index (χ4n) is 9.22. The molecular weight excluding hydrogens is 691 g/mol. The molecule has 0 atom stereocenters. The standard InChI is InChI=1S/C54H35N3/c1-3-13-39(14-4-1)56-51-21-11-9-19-43(51)47-33-37(25-29-53(47)56)35-23-27-49-45(31-35)41-17-7-8-18-42(41)46-32-36(24-28-50(46)55-49)38-26-30-54-48(34-38)44-20-10-12-22-52(44)57(54)40-15-5-2-6-16-40/h1-34,55H. The van der Waals surface area contributed by atoms with Crippen molar-refractivity contribution in [2.45, 2.75) is 0 Å². The van der Waals surface area contributed by atoms with E-state index in [-0.39, 0.29) is 0 Å². The molecule has 12 rings (SSSR count). The molecular formula is C54H35N3. The molecule has 3 nitrogen and oxygen atoms in total. The molecule has 2 aromatic heterocycles. The lowest BCUT2D eigenvalue weighted by Crippen LogP contribution is -1.94. The molecule has 1 N–H and O–H groups in total. The molecule has 266 valence electrons. The zero-order valence-electron chi connectivity index (χ0n) is 31.0. The molecule has 0 amide bonds. The van der Waals surface area contributed by atoms with Gasteiger partial charge < -0.3 is 14.5 Å². The van der Waals surface area contributed by atoms with Crippen molar-refractivity contribution in [3.05, 3.63) is 206 Å². The predicted octanol–water partition coefficient (Wildman–Crippen LogP) is 14.6. The lowest BCUT2D eigenvalue weighted by atomic mass is 9.91. The second kappa shape index (κ2) is 12.5. The predicted molar refractivity (Wildman–Crippen MR) is 240 cm³/mol. The summed E-state index contributed by atoms with van der Waals surface area (Å²) in [5.41, 5.74) is 19.0. The van der Waals surface area contributed by atoms with Gasteiger partial charge in [-0.2, -0.15) is 0 Å². The van der Waals surface area contributed by atoms with Crippen molar-refractivity contribution in [3.63, 3.8) is 0 Å². The number of anilines is 2. The zero-order valence-corrected chi connectivity index (χ0v) is 31.0. The van der Waals surface area contributed by atoms with Crippen LogP contribution in [-0.4, -0.2) is 9.13 Å². The smallest absolute Gasteiger partial charge is 0.0541 e. The Balaban J connectivity index is 0.967. The lowest BCUT2D eigenvalue weighted by Gasteiger charge is -2.13. The molecule has 0 unspecified atom stereocenters. The summed E-state index contributed by atoms with van der Waals surface area (Å²) in [5, 5.41) is 8.87. The third-order valence-electron chi connectivity index (χ3n) is 11.9. The molecule has 11 aromatic rings. The molecule has 1 aliphatic rings. The van der Waals surface area contributed by atoms with Crippen LogP contribution in [0.3, 0.4) is 0 Å². The Morgan fingerprint density at radius 1 is 0.263 bits per heavy atom. The Hall–Kier alpha value is -7.62. The summed E-state index contributed by atoms with van der Waals surface area (Å²) in [6.45, 7) is 0. The quantitative estimate of drug-likeness (QED) is 0.192. The van der Waals surface area contributed by atoms with Crippen molar-refractivity contribution in [2.24, 2.45) is 0 Å². The molecule has 3 heteroatoms. The van der Waals surface area contributed by atoms with Gasteiger partial charge in [0.1, 0.15) is 0 Å². The Labute approximate surface area is 330 Å². The van der Waals surface area contributed by atoms with Gasteiger partial charge in [0.25, 0.3) is 0 Å². The molecule has 0 saturated carbocycles. The SMILES string of the molecule is c1ccc(-n2c3ccccc3c3cc(-c4ccc5c(c4)-c4ccccc4-c4cc(-c6ccc7c(c6)c6ccccc6n7-c6ccccc6)ccc4N5)ccc32)cc1. The number of fused-ring (bicyclic) bond motifs is 11. The van der Waals surface area contributed by atoms with Gasteiger partial charge in [-0.15, -0.1) is 0 Å². The van der Waals surface area contributed by atoms with Gasteiger partial charge in [-0.25, -0.2) is 0 Å². The number of para-hydroxylation sites is 4. The summed E-state index contributed by atoms with van der Waals surface area (Å²) in [7, 11) is 0. The van der Waals surface area contributed by atoms with Gasteiger partial charge >= 0.3 is 0 Å². The van der Waals surface area contributed by atoms with Crippen LogP contribution in [0.15, 0.2) is 206 Å². The van der Waals surface area contributed by atoms with Crippen molar-refractivity contribution >= 4 is 55.0 Å². The zero-order chi connectivity index (χ0) is 37.5. The minimum absolute atomic E-state index is 1.11. The van der Waals surface area contributed by atoms with E-state index in [1.807, 2.05) is 0 Å². The van der Waals surface area contributed by atoms with Crippen LogP contribution in [0.2, 0.25) is 0 Å². The van der Waals surface area contributed by atoms with Crippen LogP contribution in [0.4, 0.5) is 11.4 Å². The third-order valence-corrected chi connectivity index (χ3v) is 11.9. The van der Waals surface area contributed by atoms with E-state index in [1.54, 1.807) is 0 Å². The highest BCUT2D eigenvalue weighted by atomic mass is 15.0. The average molecular weight is 726 g/mol. The number of nitrogens with one attached hydrogen (secondary N) is 1. The van der Waals surface area contributed by atoms with Gasteiger partial charge in [0, 0.05) is 55.4 Å². The van der Waals surface area contributed by atoms with E-state index in [0.29, 0.717) is 0 Å². The topological polar surface area (TPSA) is 21.9 Å². The monoisotopic (exact) mass is 725 g/mol. The summed E-state index contributed by atoms with van der Waals surface area (Å²) in [6, 6.07) is 75.2. The van der Waals surface area contributed by atoms with Crippen molar-refractivity contribution < 1.29 is 0 Å². The fraction of sp³-hybridized carbons (Fsp3) is 0. The fourth-order valence-corrected chi connectivity index (χ4v) is 9.22. The van der Waals surface area contributed by atoms with Gasteiger partial charge in [0.2, 0.25) is 0 Å². The highest BCUT2D eigenvalue weighted by molar-refractivity contribution is 6.12. The summed E-state index contributed by atoms with van der Waals surface area (Å²) in [4.78, 5) is 0. The summed E-state index contributed by atoms with van der Waals surface area (Å²) >= 11 is 0. The van der Waals surface area contributed by atoms with Gasteiger partial charge in [0.15, 0.2) is 0 Å². The molecule has 3 heterocycles. The van der Waals surface area contributed by atoms with E-state index < -0.39 is 0 Å². The first kappa shape index (κ1) is 31.7. The number of nitrogens with zero attached hydrogens (tertiary/aromatic N) is 2. The van der Waals surface area contributed by atoms with Crippen LogP contribution in [0.5, 0.6) is 0 Å². The van der Waals surface area contributed by atoms with E-state index in [9.17, 15) is 0 Å². The number of benzene rings is 9. The van der Waals surface area contributed by atoms with E-state index >= 15 is 0 Å². The van der Waals surface area contributed by atoms with Crippen LogP contribution in [0.1, 0.15) is 0 Å². The first-order valence-electron chi connectivity index (χ1n) is 19.6. The van der Waals surface area contributed by atoms with Crippen molar-refractivity contribution in [1.29, 1.82) is 0 Å². The maximum atomic E-state index is 3.85. The normalized spacial score (nSPS) is 12.0. The number of hydrogen-bond acceptors (Lipinski definition) is 1. The van der Waals surface area contributed by atoms with Gasteiger partial charge in [-0.3, -0.25) is 0 Å². The number of hydrogen-bond donors (Lipinski definition) is 1. The highest BCUT2D eigenvalue weighted by Crippen LogP contribution is 2.47. The molecule has 57 heavy (non-hydrogen) atoms. The minimum atomic E-state index is 1.11. The number of rotatable bonds is 4. The van der Waals surface area contributed by atoms with E-state index in [2.05, 4.69) is 221 Å². The van der Waals surface area contributed by atoms with Gasteiger partial charge in [-0.05, 0) is 118 Å². The van der Waals surface area contributed by atoms with Crippen LogP contribution >= 0.6 is 0 Å². The molecule has 9 aromatic carbocycles. The molecule has 0 radical (unpaired) electrons. The Morgan fingerprint density at radius 3 is 1.11 bits per heavy atom. The summed E-state index contributed by atoms with van der Waals surface area (Å²) in [6.07, 6.45) is 0. The van der Waals surface area contributed by atoms with Crippen molar-refractivity contribution in [1.82, 2.24) is 9.13 Å². The lowest BCUT2D eigenvalue weighted by molar-refractivity contribution is 1.18. The second-order valence-electron chi connectivity index (χ2n) is 15.0. The molecule has 0 fully saturated rings. The second-order valence-corrected chi connectivity index (χ2v) is 15.0. The number of aromatic nitrogens is 2. The maximum absolute atomic E-state index is 3.85. The van der Waals surface area contributed by atoms with Crippen LogP contribution in [-0.2, 0) is 0 Å². The first-order chi connectivity index (χ1) is 28.3. The average Bonchev–Trinajstić information content (AvgIpc) is 3.74. The Morgan fingerprint density at radius 2 is 0.632 bits per heavy atom. The van der Waals surface area contributed by atoms with Crippen LogP contribution < -0.4 is 5.32 Å². The van der Waals surface area contributed by atoms with E-state index in [1.165, 1.54) is 99.5 Å². The molecule has 0 saturated heterocycles. The minimum Gasteiger partial charge on any atom is -0.355 e.